The molecular weight excluding hydrogens is 289 g/mol. The van der Waals surface area contributed by atoms with Gasteiger partial charge in [-0.2, -0.15) is 0 Å². The molecule has 0 saturated carbocycles. The molecule has 2 rings (SSSR count). The van der Waals surface area contributed by atoms with Crippen LogP contribution < -0.4 is 4.90 Å². The zero-order valence-electron chi connectivity index (χ0n) is 9.09. The summed E-state index contributed by atoms with van der Waals surface area (Å²) >= 11 is 9.72. The van der Waals surface area contributed by atoms with Gasteiger partial charge in [0, 0.05) is 25.0 Å². The molecule has 88 valence electrons. The summed E-state index contributed by atoms with van der Waals surface area (Å²) in [5, 5.41) is 1.68. The Hall–Kier alpha value is -0.250. The van der Waals surface area contributed by atoms with E-state index in [2.05, 4.69) is 33.0 Å². The van der Waals surface area contributed by atoms with E-state index >= 15 is 0 Å². The standard InChI is InChI=1S/C12H15BrClNO/c13-9-10-2-3-12(11(14)8-10)15-4-1-6-16-7-5-15/h2-3,8H,1,4-7,9H2. The molecule has 0 atom stereocenters. The van der Waals surface area contributed by atoms with Crippen LogP contribution in [0.3, 0.4) is 0 Å². The van der Waals surface area contributed by atoms with Gasteiger partial charge in [0.25, 0.3) is 0 Å². The number of benzene rings is 1. The third-order valence-corrected chi connectivity index (χ3v) is 3.68. The second kappa shape index (κ2) is 5.89. The monoisotopic (exact) mass is 303 g/mol. The number of halogens is 2. The predicted octanol–water partition coefficient (Wildman–Crippen LogP) is 3.46. The van der Waals surface area contributed by atoms with Gasteiger partial charge in [-0.3, -0.25) is 0 Å². The predicted molar refractivity (Wildman–Crippen MR) is 71.7 cm³/mol. The van der Waals surface area contributed by atoms with Crippen molar-refractivity contribution in [3.8, 4) is 0 Å². The molecule has 1 saturated heterocycles. The smallest absolute Gasteiger partial charge is 0.0642 e. The van der Waals surface area contributed by atoms with Gasteiger partial charge in [0.1, 0.15) is 0 Å². The highest BCUT2D eigenvalue weighted by molar-refractivity contribution is 9.08. The summed E-state index contributed by atoms with van der Waals surface area (Å²) in [4.78, 5) is 2.30. The maximum atomic E-state index is 6.29. The van der Waals surface area contributed by atoms with Gasteiger partial charge in [-0.1, -0.05) is 33.6 Å². The first-order valence-electron chi connectivity index (χ1n) is 5.48. The number of alkyl halides is 1. The first-order chi connectivity index (χ1) is 7.81. The Morgan fingerprint density at radius 1 is 1.31 bits per heavy atom. The van der Waals surface area contributed by atoms with E-state index in [9.17, 15) is 0 Å². The van der Waals surface area contributed by atoms with Gasteiger partial charge in [-0.15, -0.1) is 0 Å². The number of ether oxygens (including phenoxy) is 1. The Bertz CT molecular complexity index is 351. The molecule has 1 aromatic rings. The van der Waals surface area contributed by atoms with Crippen molar-refractivity contribution in [1.82, 2.24) is 0 Å². The summed E-state index contributed by atoms with van der Waals surface area (Å²) < 4.78 is 5.44. The molecule has 1 fully saturated rings. The topological polar surface area (TPSA) is 12.5 Å². The molecule has 0 radical (unpaired) electrons. The minimum Gasteiger partial charge on any atom is -0.380 e. The fourth-order valence-corrected chi connectivity index (χ4v) is 2.55. The lowest BCUT2D eigenvalue weighted by molar-refractivity contribution is 0.152. The maximum Gasteiger partial charge on any atom is 0.0642 e. The maximum absolute atomic E-state index is 6.29. The summed E-state index contributed by atoms with van der Waals surface area (Å²) in [5.74, 6) is 0. The number of hydrogen-bond donors (Lipinski definition) is 0. The van der Waals surface area contributed by atoms with Crippen LogP contribution in [-0.4, -0.2) is 26.3 Å². The second-order valence-corrected chi connectivity index (χ2v) is 4.84. The van der Waals surface area contributed by atoms with Crippen molar-refractivity contribution in [1.29, 1.82) is 0 Å². The summed E-state index contributed by atoms with van der Waals surface area (Å²) in [7, 11) is 0. The van der Waals surface area contributed by atoms with Crippen molar-refractivity contribution >= 4 is 33.2 Å². The molecule has 1 heterocycles. The normalized spacial score (nSPS) is 17.2. The van der Waals surface area contributed by atoms with E-state index in [0.717, 1.165) is 48.8 Å². The van der Waals surface area contributed by atoms with E-state index < -0.39 is 0 Å². The van der Waals surface area contributed by atoms with Crippen LogP contribution in [0.1, 0.15) is 12.0 Å². The fourth-order valence-electron chi connectivity index (χ4n) is 1.88. The third kappa shape index (κ3) is 2.90. The number of hydrogen-bond acceptors (Lipinski definition) is 2. The van der Waals surface area contributed by atoms with E-state index in [1.54, 1.807) is 0 Å². The van der Waals surface area contributed by atoms with E-state index in [-0.39, 0.29) is 0 Å². The molecule has 1 aliphatic heterocycles. The van der Waals surface area contributed by atoms with E-state index in [4.69, 9.17) is 16.3 Å². The molecule has 0 aliphatic carbocycles. The first-order valence-corrected chi connectivity index (χ1v) is 6.98. The number of anilines is 1. The Labute approximate surface area is 110 Å². The zero-order valence-corrected chi connectivity index (χ0v) is 11.4. The average molecular weight is 305 g/mol. The lowest BCUT2D eigenvalue weighted by atomic mass is 10.2. The van der Waals surface area contributed by atoms with Crippen LogP contribution in [0.15, 0.2) is 18.2 Å². The quantitative estimate of drug-likeness (QED) is 0.776. The second-order valence-electron chi connectivity index (χ2n) is 3.87. The van der Waals surface area contributed by atoms with E-state index in [0.29, 0.717) is 0 Å². The lowest BCUT2D eigenvalue weighted by Gasteiger charge is -2.23. The van der Waals surface area contributed by atoms with Gasteiger partial charge in [0.05, 0.1) is 17.3 Å². The van der Waals surface area contributed by atoms with E-state index in [1.165, 1.54) is 5.56 Å². The zero-order chi connectivity index (χ0) is 11.4. The van der Waals surface area contributed by atoms with Gasteiger partial charge in [0.15, 0.2) is 0 Å². The molecule has 1 aliphatic rings. The van der Waals surface area contributed by atoms with Crippen LogP contribution in [0.4, 0.5) is 5.69 Å². The summed E-state index contributed by atoms with van der Waals surface area (Å²) in [6, 6.07) is 6.24. The van der Waals surface area contributed by atoms with Gasteiger partial charge >= 0.3 is 0 Å². The number of rotatable bonds is 2. The largest absolute Gasteiger partial charge is 0.380 e. The van der Waals surface area contributed by atoms with Crippen LogP contribution >= 0.6 is 27.5 Å². The Kier molecular flexibility index (Phi) is 4.50. The highest BCUT2D eigenvalue weighted by Gasteiger charge is 2.12. The highest BCUT2D eigenvalue weighted by atomic mass is 79.9. The van der Waals surface area contributed by atoms with E-state index in [1.807, 2.05) is 6.07 Å². The molecule has 4 heteroatoms. The van der Waals surface area contributed by atoms with Gasteiger partial charge < -0.3 is 9.64 Å². The summed E-state index contributed by atoms with van der Waals surface area (Å²) in [6.45, 7) is 3.59. The SMILES string of the molecule is Clc1cc(CBr)ccc1N1CCCOCC1. The average Bonchev–Trinajstić information content (AvgIpc) is 2.57. The molecular formula is C12H15BrClNO. The van der Waals surface area contributed by atoms with Crippen molar-refractivity contribution in [3.63, 3.8) is 0 Å². The van der Waals surface area contributed by atoms with Crippen molar-refractivity contribution in [2.45, 2.75) is 11.8 Å². The molecule has 1 aromatic carbocycles. The van der Waals surface area contributed by atoms with Crippen LogP contribution in [0.5, 0.6) is 0 Å². The van der Waals surface area contributed by atoms with Crippen LogP contribution in [0.2, 0.25) is 5.02 Å². The fraction of sp³-hybridized carbons (Fsp3) is 0.500. The molecule has 16 heavy (non-hydrogen) atoms. The van der Waals surface area contributed by atoms with Gasteiger partial charge in [-0.25, -0.2) is 0 Å². The molecule has 2 nitrogen and oxygen atoms in total. The third-order valence-electron chi connectivity index (χ3n) is 2.73. The molecule has 0 spiro atoms. The molecule has 0 bridgehead atoms. The summed E-state index contributed by atoms with van der Waals surface area (Å²) in [6.07, 6.45) is 1.07. The highest BCUT2D eigenvalue weighted by Crippen LogP contribution is 2.28. The minimum absolute atomic E-state index is 0.788. The Morgan fingerprint density at radius 2 is 2.19 bits per heavy atom. The molecule has 0 aromatic heterocycles. The Morgan fingerprint density at radius 3 is 2.94 bits per heavy atom. The molecule has 0 amide bonds. The van der Waals surface area contributed by atoms with Gasteiger partial charge in [-0.05, 0) is 24.1 Å². The van der Waals surface area contributed by atoms with Crippen LogP contribution in [0.25, 0.3) is 0 Å². The molecule has 0 N–H and O–H groups in total. The van der Waals surface area contributed by atoms with Crippen LogP contribution in [-0.2, 0) is 10.1 Å². The molecule has 0 unspecified atom stereocenters. The van der Waals surface area contributed by atoms with Gasteiger partial charge in [0.2, 0.25) is 0 Å². The van der Waals surface area contributed by atoms with Crippen LogP contribution in [0, 0.1) is 0 Å². The summed E-state index contributed by atoms with van der Waals surface area (Å²) in [5.41, 5.74) is 2.33. The lowest BCUT2D eigenvalue weighted by Crippen LogP contribution is -2.26. The number of nitrogens with zero attached hydrogens (tertiary/aromatic N) is 1. The first kappa shape index (κ1) is 12.2. The Balaban J connectivity index is 2.18. The van der Waals surface area contributed by atoms with Crippen molar-refractivity contribution < 1.29 is 4.74 Å². The van der Waals surface area contributed by atoms with Crippen molar-refractivity contribution in [2.75, 3.05) is 31.2 Å². The van der Waals surface area contributed by atoms with Crippen molar-refractivity contribution in [3.05, 3.63) is 28.8 Å². The van der Waals surface area contributed by atoms with Crippen molar-refractivity contribution in [2.24, 2.45) is 0 Å². The minimum atomic E-state index is 0.788.